The SMILES string of the molecule is COc1ccc2c(c1O)OC(CN(C)CC(=O)O)C2C(=O)c1cc(OC)c(OC)c(OC)c1. The maximum atomic E-state index is 13.7. The van der Waals surface area contributed by atoms with Gasteiger partial charge in [-0.2, -0.15) is 0 Å². The minimum atomic E-state index is -1.01. The minimum absolute atomic E-state index is 0.129. The number of phenols is 1. The van der Waals surface area contributed by atoms with Gasteiger partial charge in [0.05, 0.1) is 40.9 Å². The van der Waals surface area contributed by atoms with Gasteiger partial charge in [-0.15, -0.1) is 0 Å². The summed E-state index contributed by atoms with van der Waals surface area (Å²) in [6.45, 7) is -0.111. The van der Waals surface area contributed by atoms with Gasteiger partial charge in [-0.05, 0) is 25.2 Å². The quantitative estimate of drug-likeness (QED) is 0.509. The molecule has 1 aliphatic heterocycles. The Balaban J connectivity index is 2.08. The van der Waals surface area contributed by atoms with E-state index in [1.54, 1.807) is 31.3 Å². The second-order valence-electron chi connectivity index (χ2n) is 7.54. The molecule has 2 unspecified atom stereocenters. The predicted octanol–water partition coefficient (Wildman–Crippen LogP) is 2.17. The molecule has 2 aromatic rings. The summed E-state index contributed by atoms with van der Waals surface area (Å²) in [4.78, 5) is 26.4. The van der Waals surface area contributed by atoms with Gasteiger partial charge in [0.15, 0.2) is 28.8 Å². The molecule has 0 saturated carbocycles. The van der Waals surface area contributed by atoms with Crippen LogP contribution < -0.4 is 23.7 Å². The number of carbonyl (C=O) groups is 2. The number of hydrogen-bond acceptors (Lipinski definition) is 9. The van der Waals surface area contributed by atoms with E-state index in [2.05, 4.69) is 0 Å². The van der Waals surface area contributed by atoms with Crippen LogP contribution in [0.5, 0.6) is 34.5 Å². The van der Waals surface area contributed by atoms with Crippen molar-refractivity contribution in [3.8, 4) is 34.5 Å². The number of ether oxygens (including phenoxy) is 5. The summed E-state index contributed by atoms with van der Waals surface area (Å²) in [5, 5.41) is 19.7. The van der Waals surface area contributed by atoms with Crippen molar-refractivity contribution < 1.29 is 43.5 Å². The first-order valence-electron chi connectivity index (χ1n) is 10.1. The number of carboxylic acids is 1. The second kappa shape index (κ2) is 9.86. The fraction of sp³-hybridized carbons (Fsp3) is 0.391. The number of likely N-dealkylation sites (N-methyl/N-ethyl adjacent to an activating group) is 1. The zero-order chi connectivity index (χ0) is 24.3. The zero-order valence-electron chi connectivity index (χ0n) is 19.1. The summed E-state index contributed by atoms with van der Waals surface area (Å²) < 4.78 is 27.2. The molecule has 0 amide bonds. The van der Waals surface area contributed by atoms with Crippen molar-refractivity contribution in [1.82, 2.24) is 4.90 Å². The van der Waals surface area contributed by atoms with E-state index in [4.69, 9.17) is 28.8 Å². The van der Waals surface area contributed by atoms with Crippen molar-refractivity contribution in [2.24, 2.45) is 0 Å². The fourth-order valence-corrected chi connectivity index (χ4v) is 3.98. The molecule has 2 N–H and O–H groups in total. The molecular weight excluding hydrogens is 434 g/mol. The molecule has 33 heavy (non-hydrogen) atoms. The normalized spacial score (nSPS) is 16.7. The number of nitrogens with zero attached hydrogens (tertiary/aromatic N) is 1. The van der Waals surface area contributed by atoms with Crippen LogP contribution in [0.2, 0.25) is 0 Å². The fourth-order valence-electron chi connectivity index (χ4n) is 3.98. The number of hydrogen-bond donors (Lipinski definition) is 2. The van der Waals surface area contributed by atoms with Gasteiger partial charge in [0.25, 0.3) is 0 Å². The van der Waals surface area contributed by atoms with Gasteiger partial charge >= 0.3 is 5.97 Å². The number of fused-ring (bicyclic) bond motifs is 1. The molecule has 10 nitrogen and oxygen atoms in total. The number of rotatable bonds is 10. The van der Waals surface area contributed by atoms with Gasteiger partial charge in [0.1, 0.15) is 6.10 Å². The van der Waals surface area contributed by atoms with Gasteiger partial charge in [-0.25, -0.2) is 0 Å². The largest absolute Gasteiger partial charge is 0.502 e. The maximum absolute atomic E-state index is 13.7. The molecule has 1 aliphatic rings. The summed E-state index contributed by atoms with van der Waals surface area (Å²) in [5.41, 5.74) is 0.757. The van der Waals surface area contributed by atoms with Crippen LogP contribution in [0.1, 0.15) is 21.8 Å². The van der Waals surface area contributed by atoms with Crippen molar-refractivity contribution in [2.75, 3.05) is 48.6 Å². The monoisotopic (exact) mass is 461 g/mol. The van der Waals surface area contributed by atoms with Crippen LogP contribution in [0.25, 0.3) is 0 Å². The highest BCUT2D eigenvalue weighted by atomic mass is 16.5. The topological polar surface area (TPSA) is 124 Å². The molecule has 1 heterocycles. The van der Waals surface area contributed by atoms with E-state index < -0.39 is 18.0 Å². The van der Waals surface area contributed by atoms with E-state index >= 15 is 0 Å². The van der Waals surface area contributed by atoms with Gasteiger partial charge < -0.3 is 33.9 Å². The van der Waals surface area contributed by atoms with Crippen LogP contribution in [0.4, 0.5) is 0 Å². The Labute approximate surface area is 191 Å². The van der Waals surface area contributed by atoms with Gasteiger partial charge in [0.2, 0.25) is 11.5 Å². The van der Waals surface area contributed by atoms with E-state index in [9.17, 15) is 14.7 Å². The summed E-state index contributed by atoms with van der Waals surface area (Å²) in [5.74, 6) is -1.05. The first-order chi connectivity index (χ1) is 15.7. The van der Waals surface area contributed by atoms with Crippen molar-refractivity contribution >= 4 is 11.8 Å². The molecule has 2 aromatic carbocycles. The first kappa shape index (κ1) is 24.0. The average molecular weight is 461 g/mol. The summed E-state index contributed by atoms with van der Waals surface area (Å²) in [7, 11) is 7.39. The molecule has 0 saturated heterocycles. The lowest BCUT2D eigenvalue weighted by atomic mass is 9.87. The third kappa shape index (κ3) is 4.61. The van der Waals surface area contributed by atoms with E-state index in [1.807, 2.05) is 0 Å². The number of ketones is 1. The number of carbonyl (C=O) groups excluding carboxylic acids is 1. The molecular formula is C23H27NO9. The van der Waals surface area contributed by atoms with E-state index in [1.165, 1.54) is 33.3 Å². The Morgan fingerprint density at radius 3 is 2.12 bits per heavy atom. The molecule has 0 fully saturated rings. The molecule has 0 bridgehead atoms. The molecule has 178 valence electrons. The average Bonchev–Trinajstić information content (AvgIpc) is 3.15. The first-order valence-corrected chi connectivity index (χ1v) is 10.1. The van der Waals surface area contributed by atoms with E-state index in [0.717, 1.165) is 0 Å². The minimum Gasteiger partial charge on any atom is -0.502 e. The molecule has 0 spiro atoms. The molecule has 0 aromatic heterocycles. The van der Waals surface area contributed by atoms with Gasteiger partial charge in [-0.3, -0.25) is 14.5 Å². The smallest absolute Gasteiger partial charge is 0.317 e. The number of Topliss-reactive ketones (excluding diaryl/α,β-unsaturated/α-hetero) is 1. The Morgan fingerprint density at radius 2 is 1.61 bits per heavy atom. The predicted molar refractivity (Wildman–Crippen MR) is 117 cm³/mol. The molecule has 3 rings (SSSR count). The standard InChI is InChI=1S/C23H27NO9/c1-24(11-18(25)26)10-17-19(13-6-7-14(29-2)21(28)22(13)33-17)20(27)12-8-15(30-3)23(32-5)16(9-12)31-4/h6-9,17,19,28H,10-11H2,1-5H3,(H,25,26). The van der Waals surface area contributed by atoms with Gasteiger partial charge in [0, 0.05) is 17.7 Å². The Bertz CT molecular complexity index is 1030. The highest BCUT2D eigenvalue weighted by molar-refractivity contribution is 6.03. The molecule has 10 heteroatoms. The molecule has 0 radical (unpaired) electrons. The Hall–Kier alpha value is -3.66. The lowest BCUT2D eigenvalue weighted by Gasteiger charge is -2.24. The third-order valence-electron chi connectivity index (χ3n) is 5.45. The number of methoxy groups -OCH3 is 4. The Morgan fingerprint density at radius 1 is 1.00 bits per heavy atom. The molecule has 0 aliphatic carbocycles. The van der Waals surface area contributed by atoms with Crippen molar-refractivity contribution in [3.05, 3.63) is 35.4 Å². The van der Waals surface area contributed by atoms with Crippen molar-refractivity contribution in [2.45, 2.75) is 12.0 Å². The number of phenolic OH excluding ortho intramolecular Hbond substituents is 1. The highest BCUT2D eigenvalue weighted by Crippen LogP contribution is 2.50. The zero-order valence-corrected chi connectivity index (χ0v) is 19.1. The van der Waals surface area contributed by atoms with E-state index in [-0.39, 0.29) is 41.7 Å². The van der Waals surface area contributed by atoms with Crippen molar-refractivity contribution in [1.29, 1.82) is 0 Å². The summed E-state index contributed by atoms with van der Waals surface area (Å²) >= 11 is 0. The summed E-state index contributed by atoms with van der Waals surface area (Å²) in [6, 6.07) is 6.30. The van der Waals surface area contributed by atoms with Crippen LogP contribution >= 0.6 is 0 Å². The number of aromatic hydroxyl groups is 1. The van der Waals surface area contributed by atoms with Gasteiger partial charge in [-0.1, -0.05) is 6.07 Å². The number of carboxylic acid groups (broad SMARTS) is 1. The van der Waals surface area contributed by atoms with Crippen molar-refractivity contribution in [3.63, 3.8) is 0 Å². The molecule has 2 atom stereocenters. The van der Waals surface area contributed by atoms with Crippen LogP contribution in [0.3, 0.4) is 0 Å². The van der Waals surface area contributed by atoms with Crippen LogP contribution in [-0.4, -0.2) is 81.5 Å². The second-order valence-corrected chi connectivity index (χ2v) is 7.54. The van der Waals surface area contributed by atoms with Crippen LogP contribution in [-0.2, 0) is 4.79 Å². The lowest BCUT2D eigenvalue weighted by Crippen LogP contribution is -2.39. The van der Waals surface area contributed by atoms with E-state index in [0.29, 0.717) is 22.8 Å². The summed E-state index contributed by atoms with van der Waals surface area (Å²) in [6.07, 6.45) is -0.756. The van der Waals surface area contributed by atoms with Crippen LogP contribution in [0, 0.1) is 0 Å². The number of aliphatic carboxylic acids is 1. The number of benzene rings is 2. The highest BCUT2D eigenvalue weighted by Gasteiger charge is 2.43. The third-order valence-corrected chi connectivity index (χ3v) is 5.45. The lowest BCUT2D eigenvalue weighted by molar-refractivity contribution is -0.138. The maximum Gasteiger partial charge on any atom is 0.317 e. The van der Waals surface area contributed by atoms with Crippen LogP contribution in [0.15, 0.2) is 24.3 Å². The Kier molecular flexibility index (Phi) is 7.17.